The summed E-state index contributed by atoms with van der Waals surface area (Å²) in [5.74, 6) is 0. The van der Waals surface area contributed by atoms with Gasteiger partial charge < -0.3 is 5.32 Å². The highest BCUT2D eigenvalue weighted by atomic mass is 15.1. The summed E-state index contributed by atoms with van der Waals surface area (Å²) in [6.45, 7) is 7.63. The summed E-state index contributed by atoms with van der Waals surface area (Å²) in [4.78, 5) is 0. The lowest BCUT2D eigenvalue weighted by molar-refractivity contribution is 0.288. The van der Waals surface area contributed by atoms with Crippen molar-refractivity contribution in [1.29, 1.82) is 0 Å². The number of benzene rings is 1. The van der Waals surface area contributed by atoms with Crippen LogP contribution in [0, 0.1) is 0 Å². The van der Waals surface area contributed by atoms with E-state index in [1.807, 2.05) is 12.3 Å². The van der Waals surface area contributed by atoms with E-state index >= 15 is 0 Å². The van der Waals surface area contributed by atoms with Gasteiger partial charge in [-0.05, 0) is 24.8 Å². The van der Waals surface area contributed by atoms with E-state index in [0.717, 1.165) is 31.5 Å². The van der Waals surface area contributed by atoms with Crippen LogP contribution in [0.3, 0.4) is 0 Å². The molecule has 0 bridgehead atoms. The summed E-state index contributed by atoms with van der Waals surface area (Å²) in [6.07, 6.45) is 5.39. The molecular weight excluding hydrogens is 246 g/mol. The topological polar surface area (TPSA) is 40.7 Å². The van der Waals surface area contributed by atoms with E-state index in [4.69, 9.17) is 0 Å². The summed E-state index contributed by atoms with van der Waals surface area (Å²) in [7, 11) is 0. The van der Waals surface area contributed by atoms with Crippen molar-refractivity contribution in [3.05, 3.63) is 42.1 Å². The second-order valence-electron chi connectivity index (χ2n) is 5.33. The molecule has 1 aromatic carbocycles. The van der Waals surface area contributed by atoms with E-state index in [2.05, 4.69) is 60.6 Å². The average molecular weight is 271 g/mol. The minimum atomic E-state index is 0.241. The molecule has 20 heavy (non-hydrogen) atoms. The van der Waals surface area contributed by atoms with Crippen LogP contribution in [-0.2, 0) is 6.54 Å². The minimum absolute atomic E-state index is 0.241. The van der Waals surface area contributed by atoms with Crippen LogP contribution >= 0.6 is 0 Å². The highest BCUT2D eigenvalue weighted by Crippen LogP contribution is 2.23. The molecule has 0 radical (unpaired) electrons. The van der Waals surface area contributed by atoms with Crippen LogP contribution in [0.5, 0.6) is 0 Å². The minimum Gasteiger partial charge on any atom is -0.307 e. The maximum absolute atomic E-state index is 4.21. The number of nitrogens with one attached hydrogen (secondary N) is 2. The Morgan fingerprint density at radius 3 is 2.30 bits per heavy atom. The monoisotopic (exact) mass is 271 g/mol. The molecule has 0 saturated carbocycles. The third-order valence-corrected chi connectivity index (χ3v) is 4.46. The Morgan fingerprint density at radius 1 is 1.05 bits per heavy atom. The predicted octanol–water partition coefficient (Wildman–Crippen LogP) is 4.14. The Hall–Kier alpha value is -1.61. The standard InChI is InChI=1S/C17H25N3/c1-4-17(5-2,6-3)18-12-15-13-19-20-16(15)14-10-8-7-9-11-14/h7-11,13,18H,4-6,12H2,1-3H3,(H,19,20). The van der Waals surface area contributed by atoms with Crippen molar-refractivity contribution >= 4 is 0 Å². The summed E-state index contributed by atoms with van der Waals surface area (Å²) in [5.41, 5.74) is 3.79. The number of aromatic amines is 1. The zero-order valence-corrected chi connectivity index (χ0v) is 12.7. The van der Waals surface area contributed by atoms with Crippen molar-refractivity contribution in [2.24, 2.45) is 0 Å². The van der Waals surface area contributed by atoms with Crippen molar-refractivity contribution in [2.45, 2.75) is 52.1 Å². The van der Waals surface area contributed by atoms with E-state index in [-0.39, 0.29) is 5.54 Å². The summed E-state index contributed by atoms with van der Waals surface area (Å²) in [6, 6.07) is 10.4. The Balaban J connectivity index is 2.14. The van der Waals surface area contributed by atoms with Gasteiger partial charge in [0.05, 0.1) is 11.9 Å². The molecule has 0 aliphatic carbocycles. The molecule has 2 N–H and O–H groups in total. The highest BCUT2D eigenvalue weighted by Gasteiger charge is 2.23. The highest BCUT2D eigenvalue weighted by molar-refractivity contribution is 5.62. The Bertz CT molecular complexity index is 504. The van der Waals surface area contributed by atoms with Crippen LogP contribution in [0.4, 0.5) is 0 Å². The van der Waals surface area contributed by atoms with Gasteiger partial charge in [-0.15, -0.1) is 0 Å². The molecule has 0 unspecified atom stereocenters. The van der Waals surface area contributed by atoms with Crippen LogP contribution in [-0.4, -0.2) is 15.7 Å². The van der Waals surface area contributed by atoms with Gasteiger partial charge in [-0.1, -0.05) is 51.1 Å². The van der Waals surface area contributed by atoms with Gasteiger partial charge in [-0.2, -0.15) is 5.10 Å². The number of nitrogens with zero attached hydrogens (tertiary/aromatic N) is 1. The molecule has 2 rings (SSSR count). The second kappa shape index (κ2) is 6.71. The molecule has 0 atom stereocenters. The Labute approximate surface area is 121 Å². The van der Waals surface area contributed by atoms with E-state index in [1.54, 1.807) is 0 Å². The predicted molar refractivity (Wildman–Crippen MR) is 84.5 cm³/mol. The maximum Gasteiger partial charge on any atom is 0.0695 e. The first-order valence-corrected chi connectivity index (χ1v) is 7.57. The van der Waals surface area contributed by atoms with Crippen molar-refractivity contribution in [3.8, 4) is 11.3 Å². The average Bonchev–Trinajstić information content (AvgIpc) is 2.99. The number of hydrogen-bond donors (Lipinski definition) is 2. The van der Waals surface area contributed by atoms with Gasteiger partial charge in [0.15, 0.2) is 0 Å². The molecule has 0 aliphatic rings. The zero-order chi connectivity index (χ0) is 14.4. The van der Waals surface area contributed by atoms with Gasteiger partial charge in [0.1, 0.15) is 0 Å². The first kappa shape index (κ1) is 14.8. The third-order valence-electron chi connectivity index (χ3n) is 4.46. The molecule has 0 spiro atoms. The van der Waals surface area contributed by atoms with Gasteiger partial charge in [0.2, 0.25) is 0 Å². The van der Waals surface area contributed by atoms with Gasteiger partial charge in [-0.25, -0.2) is 0 Å². The molecular formula is C17H25N3. The molecule has 1 aromatic heterocycles. The molecule has 0 aliphatic heterocycles. The fraction of sp³-hybridized carbons (Fsp3) is 0.471. The van der Waals surface area contributed by atoms with Crippen molar-refractivity contribution in [2.75, 3.05) is 0 Å². The fourth-order valence-corrected chi connectivity index (χ4v) is 2.71. The summed E-state index contributed by atoms with van der Waals surface area (Å²) < 4.78 is 0. The molecule has 0 fully saturated rings. The lowest BCUT2D eigenvalue weighted by Gasteiger charge is -2.32. The summed E-state index contributed by atoms with van der Waals surface area (Å²) in [5, 5.41) is 11.1. The first-order chi connectivity index (χ1) is 9.74. The SMILES string of the molecule is CCC(CC)(CC)NCc1cn[nH]c1-c1ccccc1. The van der Waals surface area contributed by atoms with E-state index in [0.29, 0.717) is 0 Å². The summed E-state index contributed by atoms with van der Waals surface area (Å²) >= 11 is 0. The van der Waals surface area contributed by atoms with Gasteiger partial charge >= 0.3 is 0 Å². The van der Waals surface area contributed by atoms with Gasteiger partial charge in [0, 0.05) is 17.6 Å². The molecule has 2 aromatic rings. The number of aromatic nitrogens is 2. The molecule has 3 heteroatoms. The van der Waals surface area contributed by atoms with Crippen molar-refractivity contribution in [3.63, 3.8) is 0 Å². The molecule has 3 nitrogen and oxygen atoms in total. The van der Waals surface area contributed by atoms with Crippen LogP contribution in [0.1, 0.15) is 45.6 Å². The van der Waals surface area contributed by atoms with Gasteiger partial charge in [0.25, 0.3) is 0 Å². The van der Waals surface area contributed by atoms with Crippen molar-refractivity contribution < 1.29 is 0 Å². The number of H-pyrrole nitrogens is 1. The van der Waals surface area contributed by atoms with Crippen molar-refractivity contribution in [1.82, 2.24) is 15.5 Å². The fourth-order valence-electron chi connectivity index (χ4n) is 2.71. The molecule has 0 amide bonds. The lowest BCUT2D eigenvalue weighted by Crippen LogP contribution is -2.43. The number of hydrogen-bond acceptors (Lipinski definition) is 2. The first-order valence-electron chi connectivity index (χ1n) is 7.57. The Kier molecular flexibility index (Phi) is 4.96. The smallest absolute Gasteiger partial charge is 0.0695 e. The molecule has 108 valence electrons. The molecule has 0 saturated heterocycles. The Morgan fingerprint density at radius 2 is 1.70 bits per heavy atom. The lowest BCUT2D eigenvalue weighted by atomic mass is 9.89. The normalized spacial score (nSPS) is 11.8. The van der Waals surface area contributed by atoms with Gasteiger partial charge in [-0.3, -0.25) is 5.10 Å². The number of rotatable bonds is 7. The van der Waals surface area contributed by atoms with Crippen LogP contribution in [0.15, 0.2) is 36.5 Å². The zero-order valence-electron chi connectivity index (χ0n) is 12.7. The largest absolute Gasteiger partial charge is 0.307 e. The van der Waals surface area contributed by atoms with E-state index < -0.39 is 0 Å². The maximum atomic E-state index is 4.21. The molecule has 1 heterocycles. The van der Waals surface area contributed by atoms with E-state index in [1.165, 1.54) is 11.1 Å². The van der Waals surface area contributed by atoms with Crippen LogP contribution in [0.2, 0.25) is 0 Å². The second-order valence-corrected chi connectivity index (χ2v) is 5.33. The third kappa shape index (κ3) is 3.10. The van der Waals surface area contributed by atoms with Crippen LogP contribution < -0.4 is 5.32 Å². The van der Waals surface area contributed by atoms with E-state index in [9.17, 15) is 0 Å². The quantitative estimate of drug-likeness (QED) is 0.794. The van der Waals surface area contributed by atoms with Crippen LogP contribution in [0.25, 0.3) is 11.3 Å².